The van der Waals surface area contributed by atoms with Crippen molar-refractivity contribution in [2.24, 2.45) is 11.7 Å². The SMILES string of the molecule is CNC(=O)C1CCCN(c2nnccc2C(N)=S)C1. The Morgan fingerprint density at radius 1 is 1.63 bits per heavy atom. The molecule has 0 aliphatic carbocycles. The number of carbonyl (C=O) groups excluding carboxylic acids is 1. The lowest BCUT2D eigenvalue weighted by molar-refractivity contribution is -0.124. The van der Waals surface area contributed by atoms with Crippen LogP contribution in [0.2, 0.25) is 0 Å². The Morgan fingerprint density at radius 2 is 2.42 bits per heavy atom. The summed E-state index contributed by atoms with van der Waals surface area (Å²) in [5.41, 5.74) is 6.41. The highest BCUT2D eigenvalue weighted by Crippen LogP contribution is 2.24. The van der Waals surface area contributed by atoms with E-state index in [2.05, 4.69) is 15.5 Å². The van der Waals surface area contributed by atoms with Crippen LogP contribution in [0.3, 0.4) is 0 Å². The van der Waals surface area contributed by atoms with Gasteiger partial charge in [-0.1, -0.05) is 12.2 Å². The third kappa shape index (κ3) is 2.98. The van der Waals surface area contributed by atoms with Crippen molar-refractivity contribution >= 4 is 28.9 Å². The number of nitrogens with two attached hydrogens (primary N) is 1. The van der Waals surface area contributed by atoms with Gasteiger partial charge in [-0.25, -0.2) is 0 Å². The van der Waals surface area contributed by atoms with Crippen LogP contribution in [0.15, 0.2) is 12.3 Å². The lowest BCUT2D eigenvalue weighted by Gasteiger charge is -2.33. The molecule has 102 valence electrons. The van der Waals surface area contributed by atoms with E-state index in [4.69, 9.17) is 18.0 Å². The van der Waals surface area contributed by atoms with Gasteiger partial charge in [0.25, 0.3) is 0 Å². The molecule has 6 nitrogen and oxygen atoms in total. The second-order valence-corrected chi connectivity index (χ2v) is 4.97. The van der Waals surface area contributed by atoms with E-state index in [0.717, 1.165) is 19.4 Å². The number of nitrogens with zero attached hydrogens (tertiary/aromatic N) is 3. The van der Waals surface area contributed by atoms with Crippen molar-refractivity contribution in [3.05, 3.63) is 17.8 Å². The number of thiocarbonyl (C=S) groups is 1. The fourth-order valence-corrected chi connectivity index (χ4v) is 2.50. The van der Waals surface area contributed by atoms with Crippen molar-refractivity contribution in [1.29, 1.82) is 0 Å². The predicted octanol–water partition coefficient (Wildman–Crippen LogP) is 0.0732. The first-order chi connectivity index (χ1) is 9.13. The molecule has 19 heavy (non-hydrogen) atoms. The molecule has 1 aromatic rings. The first kappa shape index (κ1) is 13.7. The summed E-state index contributed by atoms with van der Waals surface area (Å²) in [4.78, 5) is 14.1. The smallest absolute Gasteiger partial charge is 0.224 e. The van der Waals surface area contributed by atoms with Crippen LogP contribution in [-0.2, 0) is 4.79 Å². The Hall–Kier alpha value is -1.76. The summed E-state index contributed by atoms with van der Waals surface area (Å²) in [6.45, 7) is 1.45. The largest absolute Gasteiger partial charge is 0.389 e. The van der Waals surface area contributed by atoms with Gasteiger partial charge in [0.2, 0.25) is 5.91 Å². The number of piperidine rings is 1. The Kier molecular flexibility index (Phi) is 4.26. The quantitative estimate of drug-likeness (QED) is 0.762. The summed E-state index contributed by atoms with van der Waals surface area (Å²) in [5.74, 6) is 0.703. The summed E-state index contributed by atoms with van der Waals surface area (Å²) in [5, 5.41) is 10.7. The maximum absolute atomic E-state index is 11.7. The van der Waals surface area contributed by atoms with Crippen LogP contribution in [0.5, 0.6) is 0 Å². The molecule has 0 aromatic carbocycles. The summed E-state index contributed by atoms with van der Waals surface area (Å²) in [7, 11) is 1.66. The van der Waals surface area contributed by atoms with Gasteiger partial charge in [-0.2, -0.15) is 5.10 Å². The fourth-order valence-electron chi connectivity index (χ4n) is 2.34. The summed E-state index contributed by atoms with van der Waals surface area (Å²) in [6.07, 6.45) is 3.39. The topological polar surface area (TPSA) is 84.1 Å². The van der Waals surface area contributed by atoms with Crippen LogP contribution >= 0.6 is 12.2 Å². The van der Waals surface area contributed by atoms with E-state index in [0.29, 0.717) is 22.9 Å². The Labute approximate surface area is 117 Å². The van der Waals surface area contributed by atoms with Gasteiger partial charge in [0.1, 0.15) is 4.99 Å². The number of aromatic nitrogens is 2. The molecule has 1 amide bonds. The maximum atomic E-state index is 11.7. The van der Waals surface area contributed by atoms with Crippen molar-refractivity contribution in [2.45, 2.75) is 12.8 Å². The second kappa shape index (κ2) is 5.92. The number of hydrogen-bond acceptors (Lipinski definition) is 5. The van der Waals surface area contributed by atoms with Crippen molar-refractivity contribution in [3.63, 3.8) is 0 Å². The third-order valence-electron chi connectivity index (χ3n) is 3.30. The summed E-state index contributed by atoms with van der Waals surface area (Å²) in [6, 6.07) is 1.76. The van der Waals surface area contributed by atoms with Crippen LogP contribution in [0.1, 0.15) is 18.4 Å². The molecule has 1 fully saturated rings. The summed E-state index contributed by atoms with van der Waals surface area (Å²) < 4.78 is 0. The zero-order valence-electron chi connectivity index (χ0n) is 10.8. The lowest BCUT2D eigenvalue weighted by atomic mass is 9.97. The molecular weight excluding hydrogens is 262 g/mol. The third-order valence-corrected chi connectivity index (χ3v) is 3.52. The van der Waals surface area contributed by atoms with Crippen molar-refractivity contribution in [1.82, 2.24) is 15.5 Å². The number of anilines is 1. The van der Waals surface area contributed by atoms with Crippen LogP contribution in [0, 0.1) is 5.92 Å². The van der Waals surface area contributed by atoms with E-state index in [9.17, 15) is 4.79 Å². The van der Waals surface area contributed by atoms with E-state index in [1.807, 2.05) is 4.90 Å². The van der Waals surface area contributed by atoms with Crippen LogP contribution in [0.25, 0.3) is 0 Å². The van der Waals surface area contributed by atoms with E-state index in [1.165, 1.54) is 0 Å². The maximum Gasteiger partial charge on any atom is 0.224 e. The van der Waals surface area contributed by atoms with Gasteiger partial charge in [0.15, 0.2) is 5.82 Å². The van der Waals surface area contributed by atoms with Crippen LogP contribution in [0.4, 0.5) is 5.82 Å². The molecule has 0 bridgehead atoms. The number of rotatable bonds is 3. The first-order valence-electron chi connectivity index (χ1n) is 6.21. The molecule has 0 saturated carbocycles. The van der Waals surface area contributed by atoms with E-state index < -0.39 is 0 Å². The van der Waals surface area contributed by atoms with E-state index in [-0.39, 0.29) is 11.8 Å². The van der Waals surface area contributed by atoms with Gasteiger partial charge in [-0.3, -0.25) is 4.79 Å². The van der Waals surface area contributed by atoms with E-state index >= 15 is 0 Å². The monoisotopic (exact) mass is 279 g/mol. The number of hydrogen-bond donors (Lipinski definition) is 2. The Bertz CT molecular complexity index is 493. The average Bonchev–Trinajstić information content (AvgIpc) is 2.46. The molecule has 2 heterocycles. The number of nitrogens with one attached hydrogen (secondary N) is 1. The predicted molar refractivity (Wildman–Crippen MR) is 76.9 cm³/mol. The highest BCUT2D eigenvalue weighted by Gasteiger charge is 2.27. The van der Waals surface area contributed by atoms with Gasteiger partial charge in [-0.05, 0) is 18.9 Å². The molecular formula is C12H17N5OS. The van der Waals surface area contributed by atoms with Crippen molar-refractivity contribution in [3.8, 4) is 0 Å². The number of amides is 1. The molecule has 1 aliphatic rings. The molecule has 1 atom stereocenters. The lowest BCUT2D eigenvalue weighted by Crippen LogP contribution is -2.43. The van der Waals surface area contributed by atoms with Crippen LogP contribution < -0.4 is 16.0 Å². The minimum atomic E-state index is -0.0278. The summed E-state index contributed by atoms with van der Waals surface area (Å²) >= 11 is 5.03. The molecule has 1 unspecified atom stereocenters. The van der Waals surface area contributed by atoms with E-state index in [1.54, 1.807) is 19.3 Å². The fraction of sp³-hybridized carbons (Fsp3) is 0.500. The standard InChI is InChI=1S/C12H17N5OS/c1-14-12(18)8-3-2-6-17(7-8)11-9(10(13)19)4-5-15-16-11/h4-5,8H,2-3,6-7H2,1H3,(H2,13,19)(H,14,18). The number of carbonyl (C=O) groups is 1. The van der Waals surface area contributed by atoms with Crippen LogP contribution in [-0.4, -0.2) is 41.2 Å². The van der Waals surface area contributed by atoms with Gasteiger partial charge >= 0.3 is 0 Å². The van der Waals surface area contributed by atoms with Crippen molar-refractivity contribution in [2.75, 3.05) is 25.0 Å². The van der Waals surface area contributed by atoms with Crippen molar-refractivity contribution < 1.29 is 4.79 Å². The van der Waals surface area contributed by atoms with Gasteiger partial charge in [-0.15, -0.1) is 5.10 Å². The average molecular weight is 279 g/mol. The Morgan fingerprint density at radius 3 is 3.11 bits per heavy atom. The molecule has 1 aliphatic heterocycles. The highest BCUT2D eigenvalue weighted by molar-refractivity contribution is 7.80. The zero-order valence-corrected chi connectivity index (χ0v) is 11.6. The van der Waals surface area contributed by atoms with Gasteiger partial charge in [0.05, 0.1) is 17.7 Å². The molecule has 3 N–H and O–H groups in total. The minimum Gasteiger partial charge on any atom is -0.389 e. The van der Waals surface area contributed by atoms with Gasteiger partial charge in [0, 0.05) is 20.1 Å². The Balaban J connectivity index is 2.22. The first-order valence-corrected chi connectivity index (χ1v) is 6.62. The highest BCUT2D eigenvalue weighted by atomic mass is 32.1. The normalized spacial score (nSPS) is 19.0. The molecule has 1 aromatic heterocycles. The molecule has 1 saturated heterocycles. The molecule has 0 radical (unpaired) electrons. The minimum absolute atomic E-state index is 0.0278. The molecule has 2 rings (SSSR count). The van der Waals surface area contributed by atoms with Gasteiger partial charge < -0.3 is 16.0 Å². The second-order valence-electron chi connectivity index (χ2n) is 4.53. The molecule has 0 spiro atoms. The zero-order chi connectivity index (χ0) is 13.8. The molecule has 7 heteroatoms.